The lowest BCUT2D eigenvalue weighted by molar-refractivity contribution is 0.296. The monoisotopic (exact) mass is 249 g/mol. The highest BCUT2D eigenvalue weighted by atomic mass is 16.5. The lowest BCUT2D eigenvalue weighted by Gasteiger charge is -2.07. The van der Waals surface area contributed by atoms with E-state index in [0.717, 1.165) is 31.6 Å². The number of allylic oxidation sites excluding steroid dienone is 1. The number of hydrogen-bond acceptors (Lipinski definition) is 4. The Kier molecular flexibility index (Phi) is 7.03. The van der Waals surface area contributed by atoms with Crippen LogP contribution < -0.4 is 10.1 Å². The van der Waals surface area contributed by atoms with Crippen LogP contribution in [0.1, 0.15) is 32.4 Å². The zero-order chi connectivity index (χ0) is 13.2. The summed E-state index contributed by atoms with van der Waals surface area (Å²) in [6.07, 6.45) is 3.81. The number of ether oxygens (including phenoxy) is 1. The summed E-state index contributed by atoms with van der Waals surface area (Å²) >= 11 is 0. The molecule has 4 heteroatoms. The van der Waals surface area contributed by atoms with Gasteiger partial charge in [-0.3, -0.25) is 0 Å². The Hall–Kier alpha value is -1.42. The van der Waals surface area contributed by atoms with Gasteiger partial charge in [-0.05, 0) is 31.4 Å². The van der Waals surface area contributed by atoms with Gasteiger partial charge in [0.1, 0.15) is 0 Å². The molecule has 1 heterocycles. The number of aromatic nitrogens is 2. The van der Waals surface area contributed by atoms with E-state index < -0.39 is 0 Å². The van der Waals surface area contributed by atoms with Crippen LogP contribution in [-0.2, 0) is 6.54 Å². The SMILES string of the molecule is C=CCCCOc1ccc(CNCC(C)C)nn1. The Labute approximate surface area is 109 Å². The van der Waals surface area contributed by atoms with E-state index in [0.29, 0.717) is 18.4 Å². The van der Waals surface area contributed by atoms with Gasteiger partial charge < -0.3 is 10.1 Å². The zero-order valence-corrected chi connectivity index (χ0v) is 11.4. The van der Waals surface area contributed by atoms with E-state index in [2.05, 4.69) is 35.9 Å². The van der Waals surface area contributed by atoms with Crippen LogP contribution in [0.2, 0.25) is 0 Å². The predicted molar refractivity (Wildman–Crippen MR) is 73.5 cm³/mol. The van der Waals surface area contributed by atoms with Crippen molar-refractivity contribution in [2.24, 2.45) is 5.92 Å². The van der Waals surface area contributed by atoms with Gasteiger partial charge in [-0.25, -0.2) is 0 Å². The maximum absolute atomic E-state index is 5.46. The molecule has 1 aromatic heterocycles. The first-order valence-corrected chi connectivity index (χ1v) is 6.49. The van der Waals surface area contributed by atoms with E-state index in [-0.39, 0.29) is 0 Å². The lowest BCUT2D eigenvalue weighted by Crippen LogP contribution is -2.19. The molecule has 0 radical (unpaired) electrons. The summed E-state index contributed by atoms with van der Waals surface area (Å²) in [5, 5.41) is 11.5. The molecule has 0 saturated heterocycles. The van der Waals surface area contributed by atoms with E-state index >= 15 is 0 Å². The number of unbranched alkanes of at least 4 members (excludes halogenated alkanes) is 1. The van der Waals surface area contributed by atoms with Gasteiger partial charge in [-0.2, -0.15) is 5.10 Å². The summed E-state index contributed by atoms with van der Waals surface area (Å²) in [6, 6.07) is 3.82. The fourth-order valence-electron chi connectivity index (χ4n) is 1.41. The highest BCUT2D eigenvalue weighted by Gasteiger charge is 1.99. The molecule has 0 aliphatic rings. The first kappa shape index (κ1) is 14.6. The van der Waals surface area contributed by atoms with Crippen molar-refractivity contribution in [1.82, 2.24) is 15.5 Å². The van der Waals surface area contributed by atoms with Crippen molar-refractivity contribution in [3.8, 4) is 5.88 Å². The van der Waals surface area contributed by atoms with Crippen LogP contribution in [0, 0.1) is 5.92 Å². The molecule has 0 bridgehead atoms. The highest BCUT2D eigenvalue weighted by molar-refractivity contribution is 5.11. The fraction of sp³-hybridized carbons (Fsp3) is 0.571. The second-order valence-corrected chi connectivity index (χ2v) is 4.67. The average molecular weight is 249 g/mol. The van der Waals surface area contributed by atoms with Gasteiger partial charge in [0.25, 0.3) is 0 Å². The van der Waals surface area contributed by atoms with Crippen molar-refractivity contribution in [2.75, 3.05) is 13.2 Å². The van der Waals surface area contributed by atoms with Gasteiger partial charge in [-0.1, -0.05) is 19.9 Å². The summed E-state index contributed by atoms with van der Waals surface area (Å²) in [4.78, 5) is 0. The minimum atomic E-state index is 0.590. The van der Waals surface area contributed by atoms with Gasteiger partial charge in [-0.15, -0.1) is 11.7 Å². The van der Waals surface area contributed by atoms with Crippen molar-refractivity contribution < 1.29 is 4.74 Å². The Morgan fingerprint density at radius 1 is 1.39 bits per heavy atom. The molecule has 0 unspecified atom stereocenters. The second-order valence-electron chi connectivity index (χ2n) is 4.67. The third-order valence-corrected chi connectivity index (χ3v) is 2.36. The second kappa shape index (κ2) is 8.64. The van der Waals surface area contributed by atoms with Gasteiger partial charge in [0.15, 0.2) is 0 Å². The summed E-state index contributed by atoms with van der Waals surface area (Å²) in [5.74, 6) is 1.23. The molecule has 0 aromatic carbocycles. The normalized spacial score (nSPS) is 10.6. The van der Waals surface area contributed by atoms with Crippen molar-refractivity contribution in [2.45, 2.75) is 33.2 Å². The molecule has 0 amide bonds. The molecule has 0 fully saturated rings. The smallest absolute Gasteiger partial charge is 0.233 e. The van der Waals surface area contributed by atoms with Crippen molar-refractivity contribution in [3.05, 3.63) is 30.5 Å². The molecule has 100 valence electrons. The summed E-state index contributed by atoms with van der Waals surface area (Å²) in [5.41, 5.74) is 0.939. The first-order chi connectivity index (χ1) is 8.72. The van der Waals surface area contributed by atoms with Gasteiger partial charge in [0.05, 0.1) is 12.3 Å². The van der Waals surface area contributed by atoms with Gasteiger partial charge >= 0.3 is 0 Å². The van der Waals surface area contributed by atoms with Crippen LogP contribution in [0.15, 0.2) is 24.8 Å². The maximum Gasteiger partial charge on any atom is 0.233 e. The number of nitrogens with zero attached hydrogens (tertiary/aromatic N) is 2. The third kappa shape index (κ3) is 6.35. The standard InChI is InChI=1S/C14H23N3O/c1-4-5-6-9-18-14-8-7-13(16-17-14)11-15-10-12(2)3/h4,7-8,12,15H,1,5-6,9-11H2,2-3H3. The Morgan fingerprint density at radius 3 is 2.83 bits per heavy atom. The highest BCUT2D eigenvalue weighted by Crippen LogP contribution is 2.05. The Morgan fingerprint density at radius 2 is 2.22 bits per heavy atom. The van der Waals surface area contributed by atoms with Crippen LogP contribution >= 0.6 is 0 Å². The molecule has 0 spiro atoms. The summed E-state index contributed by atoms with van der Waals surface area (Å²) in [7, 11) is 0. The molecular weight excluding hydrogens is 226 g/mol. The minimum Gasteiger partial charge on any atom is -0.477 e. The largest absolute Gasteiger partial charge is 0.477 e. The van der Waals surface area contributed by atoms with E-state index in [4.69, 9.17) is 4.74 Å². The van der Waals surface area contributed by atoms with Crippen molar-refractivity contribution in [3.63, 3.8) is 0 Å². The molecular formula is C14H23N3O. The van der Waals surface area contributed by atoms with Gasteiger partial charge in [0.2, 0.25) is 5.88 Å². The van der Waals surface area contributed by atoms with Crippen LogP contribution in [0.4, 0.5) is 0 Å². The Balaban J connectivity index is 2.26. The van der Waals surface area contributed by atoms with E-state index in [9.17, 15) is 0 Å². The van der Waals surface area contributed by atoms with Crippen molar-refractivity contribution >= 4 is 0 Å². The van der Waals surface area contributed by atoms with Gasteiger partial charge in [0, 0.05) is 12.6 Å². The molecule has 0 aliphatic heterocycles. The first-order valence-electron chi connectivity index (χ1n) is 6.49. The lowest BCUT2D eigenvalue weighted by atomic mass is 10.2. The minimum absolute atomic E-state index is 0.590. The van der Waals surface area contributed by atoms with E-state index in [1.54, 1.807) is 0 Å². The van der Waals surface area contributed by atoms with Crippen molar-refractivity contribution in [1.29, 1.82) is 0 Å². The summed E-state index contributed by atoms with van der Waals surface area (Å²) in [6.45, 7) is 10.4. The Bertz CT molecular complexity index is 335. The average Bonchev–Trinajstić information content (AvgIpc) is 2.36. The number of hydrogen-bond donors (Lipinski definition) is 1. The predicted octanol–water partition coefficient (Wildman–Crippen LogP) is 2.57. The molecule has 1 rings (SSSR count). The molecule has 0 saturated carbocycles. The van der Waals surface area contributed by atoms with E-state index in [1.807, 2.05) is 18.2 Å². The zero-order valence-electron chi connectivity index (χ0n) is 11.4. The van der Waals surface area contributed by atoms with Crippen LogP contribution in [0.3, 0.4) is 0 Å². The molecule has 0 aliphatic carbocycles. The quantitative estimate of drug-likeness (QED) is 0.540. The molecule has 1 N–H and O–H groups in total. The third-order valence-electron chi connectivity index (χ3n) is 2.36. The maximum atomic E-state index is 5.46. The van der Waals surface area contributed by atoms with Crippen LogP contribution in [0.25, 0.3) is 0 Å². The summed E-state index contributed by atoms with van der Waals surface area (Å²) < 4.78 is 5.46. The topological polar surface area (TPSA) is 47.0 Å². The van der Waals surface area contributed by atoms with Crippen LogP contribution in [-0.4, -0.2) is 23.3 Å². The number of nitrogens with one attached hydrogen (secondary N) is 1. The molecule has 18 heavy (non-hydrogen) atoms. The molecule has 0 atom stereocenters. The number of rotatable bonds is 9. The molecule has 1 aromatic rings. The molecule has 4 nitrogen and oxygen atoms in total. The fourth-order valence-corrected chi connectivity index (χ4v) is 1.41. The van der Waals surface area contributed by atoms with Crippen LogP contribution in [0.5, 0.6) is 5.88 Å². The van der Waals surface area contributed by atoms with E-state index in [1.165, 1.54) is 0 Å².